The number of thiazole rings is 1. The van der Waals surface area contributed by atoms with Crippen molar-refractivity contribution in [3.05, 3.63) is 15.6 Å². The van der Waals surface area contributed by atoms with Crippen LogP contribution in [0.4, 0.5) is 0 Å². The first-order valence-corrected chi connectivity index (χ1v) is 6.13. The van der Waals surface area contributed by atoms with Crippen molar-refractivity contribution in [2.75, 3.05) is 26.4 Å². The smallest absolute Gasteiger partial charge is 0.132 e. The van der Waals surface area contributed by atoms with E-state index in [1.54, 1.807) is 11.3 Å². The molecule has 1 unspecified atom stereocenters. The van der Waals surface area contributed by atoms with Gasteiger partial charge >= 0.3 is 0 Å². The summed E-state index contributed by atoms with van der Waals surface area (Å²) in [6.45, 7) is 4.05. The van der Waals surface area contributed by atoms with E-state index >= 15 is 0 Å². The topological polar surface area (TPSA) is 43.4 Å². The zero-order chi connectivity index (χ0) is 10.1. The molecule has 1 N–H and O–H groups in total. The van der Waals surface area contributed by atoms with E-state index in [0.717, 1.165) is 24.5 Å². The van der Waals surface area contributed by atoms with Crippen LogP contribution in [0.1, 0.15) is 21.7 Å². The number of ether oxygens (including phenoxy) is 2. The molecule has 1 fully saturated rings. The molecule has 0 amide bonds. The fourth-order valence-corrected chi connectivity index (χ4v) is 3.03. The molecular formula is C10H14N2O2S. The lowest BCUT2D eigenvalue weighted by molar-refractivity contribution is -0.0902. The maximum atomic E-state index is 5.64. The lowest BCUT2D eigenvalue weighted by Crippen LogP contribution is -2.22. The van der Waals surface area contributed by atoms with Gasteiger partial charge in [0.05, 0.1) is 25.5 Å². The molecular weight excluding hydrogens is 212 g/mol. The van der Waals surface area contributed by atoms with Crippen LogP contribution in [0.15, 0.2) is 0 Å². The van der Waals surface area contributed by atoms with Crippen molar-refractivity contribution in [1.29, 1.82) is 0 Å². The maximum absolute atomic E-state index is 5.64. The monoisotopic (exact) mass is 226 g/mol. The zero-order valence-corrected chi connectivity index (χ0v) is 9.31. The van der Waals surface area contributed by atoms with Gasteiger partial charge in [0.1, 0.15) is 11.1 Å². The first-order valence-electron chi connectivity index (χ1n) is 5.32. The number of fused-ring (bicyclic) bond motifs is 1. The van der Waals surface area contributed by atoms with Crippen LogP contribution >= 0.6 is 11.3 Å². The maximum Gasteiger partial charge on any atom is 0.132 e. The zero-order valence-electron chi connectivity index (χ0n) is 8.49. The van der Waals surface area contributed by atoms with E-state index in [9.17, 15) is 0 Å². The fraction of sp³-hybridized carbons (Fsp3) is 0.700. The minimum Gasteiger partial charge on any atom is -0.376 e. The van der Waals surface area contributed by atoms with Crippen LogP contribution in [0.2, 0.25) is 0 Å². The van der Waals surface area contributed by atoms with E-state index < -0.39 is 0 Å². The number of aromatic nitrogens is 1. The van der Waals surface area contributed by atoms with Gasteiger partial charge in [-0.15, -0.1) is 11.3 Å². The molecule has 3 heterocycles. The SMILES string of the molecule is C1Cc2nc(C3COCCO3)sc2CN1. The van der Waals surface area contributed by atoms with Gasteiger partial charge in [-0.05, 0) is 0 Å². The normalized spacial score (nSPS) is 26.3. The van der Waals surface area contributed by atoms with Crippen LogP contribution in [-0.4, -0.2) is 31.3 Å². The number of rotatable bonds is 1. The van der Waals surface area contributed by atoms with Crippen molar-refractivity contribution >= 4 is 11.3 Å². The highest BCUT2D eigenvalue weighted by Gasteiger charge is 2.23. The third kappa shape index (κ3) is 1.92. The lowest BCUT2D eigenvalue weighted by Gasteiger charge is -2.20. The van der Waals surface area contributed by atoms with Crippen molar-refractivity contribution < 1.29 is 9.47 Å². The summed E-state index contributed by atoms with van der Waals surface area (Å²) in [4.78, 5) is 6.01. The van der Waals surface area contributed by atoms with Gasteiger partial charge in [0.25, 0.3) is 0 Å². The van der Waals surface area contributed by atoms with Gasteiger partial charge in [-0.2, -0.15) is 0 Å². The van der Waals surface area contributed by atoms with Crippen molar-refractivity contribution in [2.45, 2.75) is 19.1 Å². The minimum absolute atomic E-state index is 0.0642. The second-order valence-electron chi connectivity index (χ2n) is 3.78. The summed E-state index contributed by atoms with van der Waals surface area (Å²) in [6.07, 6.45) is 1.11. The first-order chi connectivity index (χ1) is 7.43. The second kappa shape index (κ2) is 4.17. The Balaban J connectivity index is 1.82. The third-order valence-corrected chi connectivity index (χ3v) is 3.90. The van der Waals surface area contributed by atoms with Crippen LogP contribution in [0, 0.1) is 0 Å². The number of nitrogens with zero attached hydrogens (tertiary/aromatic N) is 1. The molecule has 1 atom stereocenters. The van der Waals surface area contributed by atoms with Crippen LogP contribution in [-0.2, 0) is 22.4 Å². The van der Waals surface area contributed by atoms with Gasteiger partial charge in [0, 0.05) is 24.4 Å². The molecule has 1 aromatic heterocycles. The van der Waals surface area contributed by atoms with Crippen LogP contribution < -0.4 is 5.32 Å². The van der Waals surface area contributed by atoms with Crippen molar-refractivity contribution in [3.63, 3.8) is 0 Å². The Labute approximate surface area is 92.6 Å². The molecule has 3 rings (SSSR count). The highest BCUT2D eigenvalue weighted by molar-refractivity contribution is 7.11. The predicted molar refractivity (Wildman–Crippen MR) is 57.0 cm³/mol. The van der Waals surface area contributed by atoms with Gasteiger partial charge < -0.3 is 14.8 Å². The van der Waals surface area contributed by atoms with Gasteiger partial charge in [0.2, 0.25) is 0 Å². The molecule has 0 bridgehead atoms. The highest BCUT2D eigenvalue weighted by Crippen LogP contribution is 2.29. The second-order valence-corrected chi connectivity index (χ2v) is 4.90. The Kier molecular flexibility index (Phi) is 2.70. The largest absolute Gasteiger partial charge is 0.376 e. The predicted octanol–water partition coefficient (Wildman–Crippen LogP) is 0.877. The highest BCUT2D eigenvalue weighted by atomic mass is 32.1. The number of hydrogen-bond acceptors (Lipinski definition) is 5. The molecule has 15 heavy (non-hydrogen) atoms. The van der Waals surface area contributed by atoms with Gasteiger partial charge in [-0.25, -0.2) is 4.98 Å². The quantitative estimate of drug-likeness (QED) is 0.772. The van der Waals surface area contributed by atoms with E-state index in [0.29, 0.717) is 19.8 Å². The molecule has 0 aromatic carbocycles. The van der Waals surface area contributed by atoms with Crippen molar-refractivity contribution in [1.82, 2.24) is 10.3 Å². The Morgan fingerprint density at radius 2 is 2.40 bits per heavy atom. The summed E-state index contributed by atoms with van der Waals surface area (Å²) in [5.41, 5.74) is 1.25. The average molecular weight is 226 g/mol. The Morgan fingerprint density at radius 3 is 3.20 bits per heavy atom. The summed E-state index contributed by atoms with van der Waals surface area (Å²) in [6, 6.07) is 0. The summed E-state index contributed by atoms with van der Waals surface area (Å²) in [7, 11) is 0. The van der Waals surface area contributed by atoms with Crippen LogP contribution in [0.3, 0.4) is 0 Å². The molecule has 1 saturated heterocycles. The molecule has 5 heteroatoms. The van der Waals surface area contributed by atoms with E-state index in [-0.39, 0.29) is 6.10 Å². The van der Waals surface area contributed by atoms with Gasteiger partial charge in [-0.3, -0.25) is 0 Å². The van der Waals surface area contributed by atoms with Crippen LogP contribution in [0.5, 0.6) is 0 Å². The molecule has 0 radical (unpaired) electrons. The molecule has 0 saturated carbocycles. The first kappa shape index (κ1) is 9.72. The Morgan fingerprint density at radius 1 is 1.40 bits per heavy atom. The molecule has 2 aliphatic rings. The number of hydrogen-bond donors (Lipinski definition) is 1. The molecule has 2 aliphatic heterocycles. The van der Waals surface area contributed by atoms with E-state index in [1.807, 2.05) is 0 Å². The Hall–Kier alpha value is -0.490. The molecule has 82 valence electrons. The standard InChI is InChI=1S/C10H14N2O2S/c1-2-11-5-9-7(1)12-10(15-9)8-6-13-3-4-14-8/h8,11H,1-6H2. The lowest BCUT2D eigenvalue weighted by atomic mass is 10.2. The summed E-state index contributed by atoms with van der Waals surface area (Å²) in [5.74, 6) is 0. The van der Waals surface area contributed by atoms with Crippen molar-refractivity contribution in [2.24, 2.45) is 0 Å². The third-order valence-electron chi connectivity index (χ3n) is 2.71. The molecule has 0 spiro atoms. The minimum atomic E-state index is 0.0642. The summed E-state index contributed by atoms with van der Waals surface area (Å²) < 4.78 is 11.0. The Bertz CT molecular complexity index is 324. The van der Waals surface area contributed by atoms with E-state index in [2.05, 4.69) is 10.3 Å². The van der Waals surface area contributed by atoms with Gasteiger partial charge in [-0.1, -0.05) is 0 Å². The van der Waals surface area contributed by atoms with E-state index in [4.69, 9.17) is 9.47 Å². The van der Waals surface area contributed by atoms with Gasteiger partial charge in [0.15, 0.2) is 0 Å². The van der Waals surface area contributed by atoms with Crippen LogP contribution in [0.25, 0.3) is 0 Å². The van der Waals surface area contributed by atoms with Crippen molar-refractivity contribution in [3.8, 4) is 0 Å². The van der Waals surface area contributed by atoms with E-state index in [1.165, 1.54) is 10.6 Å². The molecule has 1 aromatic rings. The summed E-state index contributed by atoms with van der Waals surface area (Å²) >= 11 is 1.76. The molecule has 0 aliphatic carbocycles. The fourth-order valence-electron chi connectivity index (χ4n) is 1.91. The molecule has 4 nitrogen and oxygen atoms in total. The average Bonchev–Trinajstić information content (AvgIpc) is 2.74. The summed E-state index contributed by atoms with van der Waals surface area (Å²) in [5, 5.41) is 4.44. The number of nitrogens with one attached hydrogen (secondary N) is 1.